The molecule has 0 spiro atoms. The van der Waals surface area contributed by atoms with Crippen molar-refractivity contribution in [1.82, 2.24) is 10.2 Å². The molecule has 1 N–H and O–H groups in total. The van der Waals surface area contributed by atoms with Crippen molar-refractivity contribution in [2.24, 2.45) is 11.8 Å². The van der Waals surface area contributed by atoms with Gasteiger partial charge in [-0.1, -0.05) is 42.0 Å². The molecule has 1 aliphatic heterocycles. The molecule has 3 rings (SSSR count). The summed E-state index contributed by atoms with van der Waals surface area (Å²) in [5.74, 6) is 1.53. The van der Waals surface area contributed by atoms with Crippen LogP contribution >= 0.6 is 0 Å². The summed E-state index contributed by atoms with van der Waals surface area (Å²) in [6.07, 6.45) is 6.83. The number of rotatable bonds is 7. The van der Waals surface area contributed by atoms with Gasteiger partial charge in [-0.2, -0.15) is 5.26 Å². The van der Waals surface area contributed by atoms with Crippen LogP contribution in [0.1, 0.15) is 38.2 Å². The van der Waals surface area contributed by atoms with Crippen molar-refractivity contribution in [1.29, 1.82) is 5.26 Å². The molecule has 1 aromatic rings. The second-order valence-electron chi connectivity index (χ2n) is 7.35. The van der Waals surface area contributed by atoms with Crippen molar-refractivity contribution in [2.75, 3.05) is 26.2 Å². The summed E-state index contributed by atoms with van der Waals surface area (Å²) in [4.78, 5) is 2.44. The molecule has 0 amide bonds. The number of hydrogen-bond donors (Lipinski definition) is 1. The maximum atomic E-state index is 8.67. The van der Waals surface area contributed by atoms with Gasteiger partial charge in [-0.15, -0.1) is 0 Å². The zero-order valence-corrected chi connectivity index (χ0v) is 14.7. The third kappa shape index (κ3) is 4.93. The van der Waals surface area contributed by atoms with Crippen LogP contribution in [0.2, 0.25) is 0 Å². The normalized spacial score (nSPS) is 25.4. The van der Waals surface area contributed by atoms with Gasteiger partial charge in [0.25, 0.3) is 0 Å². The SMILES string of the molecule is C/C(=C\c1ccccc1)[C@@H]1C[C@H]1NCC1CCN(CCC#N)CC1. The van der Waals surface area contributed by atoms with Crippen LogP contribution < -0.4 is 5.32 Å². The number of nitrogens with one attached hydrogen (secondary N) is 1. The summed E-state index contributed by atoms with van der Waals surface area (Å²) in [5, 5.41) is 12.5. The summed E-state index contributed by atoms with van der Waals surface area (Å²) in [7, 11) is 0. The van der Waals surface area contributed by atoms with Crippen molar-refractivity contribution in [3.63, 3.8) is 0 Å². The van der Waals surface area contributed by atoms with Crippen LogP contribution in [0, 0.1) is 23.2 Å². The zero-order valence-electron chi connectivity index (χ0n) is 14.7. The smallest absolute Gasteiger partial charge is 0.0635 e. The van der Waals surface area contributed by atoms with E-state index in [1.54, 1.807) is 0 Å². The topological polar surface area (TPSA) is 39.1 Å². The lowest BCUT2D eigenvalue weighted by Gasteiger charge is -2.31. The average Bonchev–Trinajstić information content (AvgIpc) is 3.40. The molecule has 1 aliphatic carbocycles. The lowest BCUT2D eigenvalue weighted by atomic mass is 9.96. The van der Waals surface area contributed by atoms with E-state index in [0.717, 1.165) is 38.0 Å². The molecule has 128 valence electrons. The number of nitriles is 1. The molecule has 0 radical (unpaired) electrons. The van der Waals surface area contributed by atoms with Gasteiger partial charge in [0.1, 0.15) is 0 Å². The highest BCUT2D eigenvalue weighted by Gasteiger charge is 2.38. The number of benzene rings is 1. The minimum Gasteiger partial charge on any atom is -0.313 e. The Labute approximate surface area is 146 Å². The molecular formula is C21H29N3. The quantitative estimate of drug-likeness (QED) is 0.832. The Hall–Kier alpha value is -1.63. The van der Waals surface area contributed by atoms with Crippen LogP contribution in [-0.2, 0) is 0 Å². The predicted molar refractivity (Wildman–Crippen MR) is 99.4 cm³/mol. The molecule has 3 heteroatoms. The van der Waals surface area contributed by atoms with E-state index in [4.69, 9.17) is 5.26 Å². The number of likely N-dealkylation sites (tertiary alicyclic amines) is 1. The predicted octanol–water partition coefficient (Wildman–Crippen LogP) is 3.69. The summed E-state index contributed by atoms with van der Waals surface area (Å²) in [6.45, 7) is 6.70. The molecule has 3 nitrogen and oxygen atoms in total. The van der Waals surface area contributed by atoms with Gasteiger partial charge in [-0.05, 0) is 63.2 Å². The van der Waals surface area contributed by atoms with Crippen LogP contribution in [0.4, 0.5) is 0 Å². The third-order valence-corrected chi connectivity index (χ3v) is 5.48. The van der Waals surface area contributed by atoms with Gasteiger partial charge < -0.3 is 10.2 Å². The first kappa shape index (κ1) is 17.2. The Morgan fingerprint density at radius 3 is 2.75 bits per heavy atom. The summed E-state index contributed by atoms with van der Waals surface area (Å²) >= 11 is 0. The molecule has 0 bridgehead atoms. The average molecular weight is 323 g/mol. The Kier molecular flexibility index (Phi) is 6.07. The standard InChI is InChI=1S/C21H29N3/c1-17(14-18-6-3-2-4-7-18)20-15-21(20)23-16-19-8-12-24(13-9-19)11-5-10-22/h2-4,6-7,14,19-21,23H,5,8-9,11-13,15-16H2,1H3/b17-14+/t20-,21+/m0/s1. The minimum atomic E-state index is 0.666. The van der Waals surface area contributed by atoms with E-state index in [0.29, 0.717) is 12.5 Å². The second kappa shape index (κ2) is 8.46. The molecule has 24 heavy (non-hydrogen) atoms. The van der Waals surface area contributed by atoms with Gasteiger partial charge in [0.05, 0.1) is 6.07 Å². The maximum absolute atomic E-state index is 8.67. The van der Waals surface area contributed by atoms with Gasteiger partial charge in [0, 0.05) is 19.0 Å². The molecular weight excluding hydrogens is 294 g/mol. The molecule has 1 saturated carbocycles. The molecule has 1 aromatic carbocycles. The summed E-state index contributed by atoms with van der Waals surface area (Å²) in [6, 6.07) is 13.6. The Bertz CT molecular complexity index is 579. The van der Waals surface area contributed by atoms with Crippen LogP contribution in [0.5, 0.6) is 0 Å². The van der Waals surface area contributed by atoms with E-state index >= 15 is 0 Å². The highest BCUT2D eigenvalue weighted by atomic mass is 15.1. The highest BCUT2D eigenvalue weighted by molar-refractivity contribution is 5.53. The largest absolute Gasteiger partial charge is 0.313 e. The Balaban J connectivity index is 1.36. The van der Waals surface area contributed by atoms with Crippen LogP contribution in [-0.4, -0.2) is 37.1 Å². The van der Waals surface area contributed by atoms with E-state index < -0.39 is 0 Å². The van der Waals surface area contributed by atoms with Crippen LogP contribution in [0.3, 0.4) is 0 Å². The van der Waals surface area contributed by atoms with Gasteiger partial charge in [-0.25, -0.2) is 0 Å². The fourth-order valence-corrected chi connectivity index (χ4v) is 3.78. The first-order valence-corrected chi connectivity index (χ1v) is 9.32. The third-order valence-electron chi connectivity index (χ3n) is 5.48. The molecule has 1 heterocycles. The molecule has 2 fully saturated rings. The number of nitrogens with zero attached hydrogens (tertiary/aromatic N) is 2. The Morgan fingerprint density at radius 1 is 1.29 bits per heavy atom. The monoisotopic (exact) mass is 323 g/mol. The highest BCUT2D eigenvalue weighted by Crippen LogP contribution is 2.38. The van der Waals surface area contributed by atoms with Crippen molar-refractivity contribution < 1.29 is 0 Å². The molecule has 1 saturated heterocycles. The van der Waals surface area contributed by atoms with Crippen molar-refractivity contribution in [2.45, 2.75) is 38.6 Å². The van der Waals surface area contributed by atoms with Gasteiger partial charge in [0.15, 0.2) is 0 Å². The maximum Gasteiger partial charge on any atom is 0.0635 e. The van der Waals surface area contributed by atoms with E-state index in [9.17, 15) is 0 Å². The molecule has 0 unspecified atom stereocenters. The first-order valence-electron chi connectivity index (χ1n) is 9.32. The van der Waals surface area contributed by atoms with Gasteiger partial charge in [0.2, 0.25) is 0 Å². The van der Waals surface area contributed by atoms with E-state index in [2.05, 4.69) is 59.6 Å². The summed E-state index contributed by atoms with van der Waals surface area (Å²) in [5.41, 5.74) is 2.82. The number of hydrogen-bond acceptors (Lipinski definition) is 3. The van der Waals surface area contributed by atoms with Gasteiger partial charge in [-0.3, -0.25) is 0 Å². The van der Waals surface area contributed by atoms with E-state index in [-0.39, 0.29) is 0 Å². The molecule has 0 aromatic heterocycles. The lowest BCUT2D eigenvalue weighted by molar-refractivity contribution is 0.185. The van der Waals surface area contributed by atoms with Crippen molar-refractivity contribution >= 4 is 6.08 Å². The fourth-order valence-electron chi connectivity index (χ4n) is 3.78. The summed E-state index contributed by atoms with van der Waals surface area (Å²) < 4.78 is 0. The fraction of sp³-hybridized carbons (Fsp3) is 0.571. The lowest BCUT2D eigenvalue weighted by Crippen LogP contribution is -2.38. The van der Waals surface area contributed by atoms with Crippen LogP contribution in [0.15, 0.2) is 35.9 Å². The Morgan fingerprint density at radius 2 is 2.04 bits per heavy atom. The number of piperidine rings is 1. The second-order valence-corrected chi connectivity index (χ2v) is 7.35. The zero-order chi connectivity index (χ0) is 16.8. The first-order chi connectivity index (χ1) is 11.8. The van der Waals surface area contributed by atoms with E-state index in [1.807, 2.05) is 0 Å². The van der Waals surface area contributed by atoms with Crippen molar-refractivity contribution in [3.8, 4) is 6.07 Å². The minimum absolute atomic E-state index is 0.666. The molecule has 2 aliphatic rings. The van der Waals surface area contributed by atoms with Crippen molar-refractivity contribution in [3.05, 3.63) is 41.5 Å². The van der Waals surface area contributed by atoms with E-state index in [1.165, 1.54) is 30.4 Å². The van der Waals surface area contributed by atoms with Gasteiger partial charge >= 0.3 is 0 Å². The molecule has 2 atom stereocenters. The van der Waals surface area contributed by atoms with Crippen LogP contribution in [0.25, 0.3) is 6.08 Å².